The maximum Gasteiger partial charge on any atom is 0.326 e. The van der Waals surface area contributed by atoms with Gasteiger partial charge in [0.2, 0.25) is 17.7 Å². The van der Waals surface area contributed by atoms with Crippen molar-refractivity contribution in [3.63, 3.8) is 0 Å². The zero-order chi connectivity index (χ0) is 22.7. The number of carboxylic acids is 1. The quantitative estimate of drug-likeness (QED) is 0.193. The number of carboxylic acid groups (broad SMARTS) is 1. The predicted octanol–water partition coefficient (Wildman–Crippen LogP) is -0.195. The molecular weight excluding hydrogens is 416 g/mol. The molecule has 0 spiro atoms. The third kappa shape index (κ3) is 9.72. The number of hydrogen-bond donors (Lipinski definition) is 7. The van der Waals surface area contributed by atoms with E-state index in [9.17, 15) is 24.3 Å². The van der Waals surface area contributed by atoms with Gasteiger partial charge in [0.25, 0.3) is 0 Å². The van der Waals surface area contributed by atoms with Crippen LogP contribution in [-0.4, -0.2) is 64.5 Å². The van der Waals surface area contributed by atoms with Crippen molar-refractivity contribution >= 4 is 48.9 Å². The molecule has 0 saturated carbocycles. The summed E-state index contributed by atoms with van der Waals surface area (Å²) in [6, 6.07) is -3.91. The van der Waals surface area contributed by atoms with Crippen molar-refractivity contribution in [3.8, 4) is 0 Å². The molecular formula is C18H34N4O5S2. The zero-order valence-electron chi connectivity index (χ0n) is 17.3. The summed E-state index contributed by atoms with van der Waals surface area (Å²) in [6.07, 6.45) is 0.951. The fourth-order valence-electron chi connectivity index (χ4n) is 2.41. The summed E-state index contributed by atoms with van der Waals surface area (Å²) >= 11 is 8.15. The van der Waals surface area contributed by atoms with Crippen molar-refractivity contribution in [1.29, 1.82) is 0 Å². The summed E-state index contributed by atoms with van der Waals surface area (Å²) in [4.78, 5) is 48.5. The smallest absolute Gasteiger partial charge is 0.326 e. The Bertz CT molecular complexity index is 576. The standard InChI is InChI=1S/C18H34N4O5S2/c1-5-10(4)14(19)17(25)22-13(8-29)16(24)21-12(7-28)15(23)20-11(18(26)27)6-9(2)3/h9-14,28-29H,5-8,19H2,1-4H3,(H,20,23)(H,21,24)(H,22,25)(H,26,27). The molecule has 0 bridgehead atoms. The number of hydrogen-bond acceptors (Lipinski definition) is 7. The monoisotopic (exact) mass is 450 g/mol. The summed E-state index contributed by atoms with van der Waals surface area (Å²) in [7, 11) is 0. The first kappa shape index (κ1) is 27.5. The summed E-state index contributed by atoms with van der Waals surface area (Å²) in [5.41, 5.74) is 5.87. The number of aliphatic carboxylic acids is 1. The number of rotatable bonds is 13. The molecule has 0 aliphatic rings. The van der Waals surface area contributed by atoms with E-state index in [0.717, 1.165) is 0 Å². The van der Waals surface area contributed by atoms with Crippen LogP contribution in [0.4, 0.5) is 0 Å². The Balaban J connectivity index is 5.02. The Labute approximate surface area is 183 Å². The van der Waals surface area contributed by atoms with Crippen molar-refractivity contribution in [3.05, 3.63) is 0 Å². The Hall–Kier alpha value is -1.46. The van der Waals surface area contributed by atoms with Crippen LogP contribution >= 0.6 is 25.3 Å². The molecule has 0 aromatic rings. The van der Waals surface area contributed by atoms with E-state index in [1.165, 1.54) is 0 Å². The fraction of sp³-hybridized carbons (Fsp3) is 0.778. The molecule has 0 aliphatic carbocycles. The van der Waals surface area contributed by atoms with E-state index in [2.05, 4.69) is 41.2 Å². The fourth-order valence-corrected chi connectivity index (χ4v) is 2.92. The molecule has 0 fully saturated rings. The molecule has 9 nitrogen and oxygen atoms in total. The highest BCUT2D eigenvalue weighted by Gasteiger charge is 2.30. The minimum Gasteiger partial charge on any atom is -0.480 e. The van der Waals surface area contributed by atoms with Crippen LogP contribution in [0.2, 0.25) is 0 Å². The molecule has 0 rings (SSSR count). The molecule has 0 aromatic heterocycles. The predicted molar refractivity (Wildman–Crippen MR) is 118 cm³/mol. The van der Waals surface area contributed by atoms with Gasteiger partial charge in [-0.25, -0.2) is 4.79 Å². The molecule has 3 amide bonds. The van der Waals surface area contributed by atoms with Crippen LogP contribution in [-0.2, 0) is 19.2 Å². The third-order valence-electron chi connectivity index (χ3n) is 4.51. The first-order valence-electron chi connectivity index (χ1n) is 9.59. The highest BCUT2D eigenvalue weighted by atomic mass is 32.1. The zero-order valence-corrected chi connectivity index (χ0v) is 19.1. The Morgan fingerprint density at radius 2 is 1.28 bits per heavy atom. The molecule has 0 aliphatic heterocycles. The second kappa shape index (κ2) is 13.7. The van der Waals surface area contributed by atoms with Gasteiger partial charge in [0.05, 0.1) is 6.04 Å². The molecule has 29 heavy (non-hydrogen) atoms. The number of thiol groups is 2. The second-order valence-electron chi connectivity index (χ2n) is 7.43. The van der Waals surface area contributed by atoms with Gasteiger partial charge in [-0.2, -0.15) is 25.3 Å². The van der Waals surface area contributed by atoms with Gasteiger partial charge in [-0.1, -0.05) is 34.1 Å². The van der Waals surface area contributed by atoms with Crippen LogP contribution in [0.1, 0.15) is 40.5 Å². The molecule has 6 N–H and O–H groups in total. The molecule has 0 saturated heterocycles. The second-order valence-corrected chi connectivity index (χ2v) is 8.16. The normalized spacial score (nSPS) is 16.3. The minimum absolute atomic E-state index is 0.00316. The SMILES string of the molecule is CCC(C)C(N)C(=O)NC(CS)C(=O)NC(CS)C(=O)NC(CC(C)C)C(=O)O. The summed E-state index contributed by atoms with van der Waals surface area (Å²) in [5.74, 6) is -3.00. The van der Waals surface area contributed by atoms with Gasteiger partial charge in [-0.15, -0.1) is 0 Å². The minimum atomic E-state index is -1.16. The van der Waals surface area contributed by atoms with Crippen molar-refractivity contribution in [1.82, 2.24) is 16.0 Å². The van der Waals surface area contributed by atoms with Crippen molar-refractivity contribution < 1.29 is 24.3 Å². The summed E-state index contributed by atoms with van der Waals surface area (Å²) < 4.78 is 0. The van der Waals surface area contributed by atoms with E-state index < -0.39 is 47.9 Å². The van der Waals surface area contributed by atoms with Gasteiger partial charge in [-0.05, 0) is 18.3 Å². The molecule has 0 heterocycles. The van der Waals surface area contributed by atoms with E-state index in [1.54, 1.807) is 0 Å². The third-order valence-corrected chi connectivity index (χ3v) is 5.24. The van der Waals surface area contributed by atoms with E-state index in [0.29, 0.717) is 6.42 Å². The Morgan fingerprint density at radius 3 is 1.62 bits per heavy atom. The Kier molecular flexibility index (Phi) is 13.0. The van der Waals surface area contributed by atoms with Gasteiger partial charge < -0.3 is 26.8 Å². The molecule has 0 radical (unpaired) electrons. The molecule has 168 valence electrons. The molecule has 5 unspecified atom stereocenters. The van der Waals surface area contributed by atoms with Crippen molar-refractivity contribution in [2.75, 3.05) is 11.5 Å². The van der Waals surface area contributed by atoms with Crippen LogP contribution in [0.15, 0.2) is 0 Å². The van der Waals surface area contributed by atoms with Gasteiger partial charge >= 0.3 is 5.97 Å². The first-order valence-corrected chi connectivity index (χ1v) is 10.9. The van der Waals surface area contributed by atoms with E-state index in [4.69, 9.17) is 5.73 Å². The van der Waals surface area contributed by atoms with Crippen LogP contribution in [0.25, 0.3) is 0 Å². The summed E-state index contributed by atoms with van der Waals surface area (Å²) in [6.45, 7) is 7.41. The van der Waals surface area contributed by atoms with Gasteiger partial charge in [0.15, 0.2) is 0 Å². The summed E-state index contributed by atoms with van der Waals surface area (Å²) in [5, 5.41) is 16.7. The number of nitrogens with one attached hydrogen (secondary N) is 3. The van der Waals surface area contributed by atoms with Gasteiger partial charge in [-0.3, -0.25) is 14.4 Å². The lowest BCUT2D eigenvalue weighted by atomic mass is 9.99. The number of nitrogens with two attached hydrogens (primary N) is 1. The number of amides is 3. The average molecular weight is 451 g/mol. The van der Waals surface area contributed by atoms with Gasteiger partial charge in [0.1, 0.15) is 18.1 Å². The Morgan fingerprint density at radius 1 is 0.862 bits per heavy atom. The van der Waals surface area contributed by atoms with Gasteiger partial charge in [0, 0.05) is 11.5 Å². The number of carbonyl (C=O) groups is 4. The first-order chi connectivity index (χ1) is 13.5. The van der Waals surface area contributed by atoms with E-state index in [-0.39, 0.29) is 29.8 Å². The lowest BCUT2D eigenvalue weighted by Crippen LogP contribution is -2.58. The van der Waals surface area contributed by atoms with Crippen LogP contribution in [0.5, 0.6) is 0 Å². The molecule has 5 atom stereocenters. The van der Waals surface area contributed by atoms with Crippen LogP contribution in [0, 0.1) is 11.8 Å². The maximum absolute atomic E-state index is 12.5. The largest absolute Gasteiger partial charge is 0.480 e. The molecule has 0 aromatic carbocycles. The number of carbonyl (C=O) groups excluding carboxylic acids is 3. The van der Waals surface area contributed by atoms with E-state index in [1.807, 2.05) is 27.7 Å². The molecule has 11 heteroatoms. The highest BCUT2D eigenvalue weighted by molar-refractivity contribution is 7.80. The lowest BCUT2D eigenvalue weighted by Gasteiger charge is -2.25. The average Bonchev–Trinajstić information content (AvgIpc) is 2.67. The van der Waals surface area contributed by atoms with Crippen molar-refractivity contribution in [2.45, 2.75) is 64.7 Å². The lowest BCUT2D eigenvalue weighted by molar-refractivity contribution is -0.142. The highest BCUT2D eigenvalue weighted by Crippen LogP contribution is 2.07. The maximum atomic E-state index is 12.5. The van der Waals surface area contributed by atoms with E-state index >= 15 is 0 Å². The van der Waals surface area contributed by atoms with Crippen LogP contribution < -0.4 is 21.7 Å². The van der Waals surface area contributed by atoms with Crippen LogP contribution in [0.3, 0.4) is 0 Å². The topological polar surface area (TPSA) is 151 Å². The van der Waals surface area contributed by atoms with Crippen molar-refractivity contribution in [2.24, 2.45) is 17.6 Å².